The molecule has 1 heterocycles. The van der Waals surface area contributed by atoms with Crippen LogP contribution in [0.4, 0.5) is 5.69 Å². The summed E-state index contributed by atoms with van der Waals surface area (Å²) in [5.41, 5.74) is 0.0692. The molecule has 3 rings (SSSR count). The van der Waals surface area contributed by atoms with E-state index in [4.69, 9.17) is 4.74 Å². The van der Waals surface area contributed by atoms with Gasteiger partial charge in [-0.05, 0) is 38.5 Å². The normalized spacial score (nSPS) is 20.4. The van der Waals surface area contributed by atoms with Gasteiger partial charge < -0.3 is 15.0 Å². The fraction of sp³-hybridized carbons (Fsp3) is 0.300. The first-order chi connectivity index (χ1) is 12.0. The number of para-hydroxylation sites is 2. The number of rotatable bonds is 4. The van der Waals surface area contributed by atoms with Crippen LogP contribution in [-0.4, -0.2) is 24.0 Å². The van der Waals surface area contributed by atoms with Crippen molar-refractivity contribution < 1.29 is 14.3 Å². The molecule has 1 aliphatic heterocycles. The van der Waals surface area contributed by atoms with E-state index in [1.54, 1.807) is 11.0 Å². The molecular weight excluding hydrogens is 316 g/mol. The van der Waals surface area contributed by atoms with Crippen molar-refractivity contribution in [2.75, 3.05) is 11.4 Å². The molecule has 2 aromatic rings. The first-order valence-corrected chi connectivity index (χ1v) is 8.43. The van der Waals surface area contributed by atoms with Crippen LogP contribution in [0, 0.1) is 0 Å². The molecule has 5 nitrogen and oxygen atoms in total. The van der Waals surface area contributed by atoms with Crippen molar-refractivity contribution in [3.63, 3.8) is 0 Å². The van der Waals surface area contributed by atoms with Crippen LogP contribution in [0.1, 0.15) is 32.4 Å². The molecule has 0 aliphatic carbocycles. The highest BCUT2D eigenvalue weighted by Gasteiger charge is 2.50. The van der Waals surface area contributed by atoms with Gasteiger partial charge in [-0.1, -0.05) is 42.5 Å². The van der Waals surface area contributed by atoms with Crippen molar-refractivity contribution in [3.8, 4) is 5.75 Å². The standard InChI is InChI=1S/C20H22N2O3/c1-4-22-16-12-8-9-13-17(16)25-20(3,19(22)24)18(23)21-14(2)15-10-6-5-7-11-15/h5-14H,4H2,1-3H3,(H,21,23). The van der Waals surface area contributed by atoms with E-state index in [1.165, 1.54) is 6.92 Å². The van der Waals surface area contributed by atoms with E-state index >= 15 is 0 Å². The number of hydrogen-bond donors (Lipinski definition) is 1. The summed E-state index contributed by atoms with van der Waals surface area (Å²) < 4.78 is 5.86. The third-order valence-corrected chi connectivity index (χ3v) is 4.52. The zero-order valence-electron chi connectivity index (χ0n) is 14.7. The predicted molar refractivity (Wildman–Crippen MR) is 96.5 cm³/mol. The largest absolute Gasteiger partial charge is 0.466 e. The number of ether oxygens (including phenoxy) is 1. The summed E-state index contributed by atoms with van der Waals surface area (Å²) in [6.07, 6.45) is 0. The molecule has 2 unspecified atom stereocenters. The number of carbonyl (C=O) groups is 2. The molecule has 2 atom stereocenters. The Kier molecular flexibility index (Phi) is 4.49. The van der Waals surface area contributed by atoms with Gasteiger partial charge in [0.2, 0.25) is 0 Å². The van der Waals surface area contributed by atoms with Gasteiger partial charge in [-0.15, -0.1) is 0 Å². The maximum Gasteiger partial charge on any atom is 0.280 e. The van der Waals surface area contributed by atoms with Gasteiger partial charge in [0.15, 0.2) is 0 Å². The second-order valence-corrected chi connectivity index (χ2v) is 6.26. The lowest BCUT2D eigenvalue weighted by Crippen LogP contribution is -2.62. The second kappa shape index (κ2) is 6.59. The Morgan fingerprint density at radius 1 is 1.16 bits per heavy atom. The third kappa shape index (κ3) is 2.97. The summed E-state index contributed by atoms with van der Waals surface area (Å²) in [5, 5.41) is 2.90. The second-order valence-electron chi connectivity index (χ2n) is 6.26. The Hall–Kier alpha value is -2.82. The molecule has 0 radical (unpaired) electrons. The zero-order chi connectivity index (χ0) is 18.0. The van der Waals surface area contributed by atoms with E-state index < -0.39 is 11.5 Å². The number of nitrogens with one attached hydrogen (secondary N) is 1. The molecule has 0 aromatic heterocycles. The number of likely N-dealkylation sites (N-methyl/N-ethyl adjacent to an activating group) is 1. The Balaban J connectivity index is 1.88. The molecule has 0 spiro atoms. The lowest BCUT2D eigenvalue weighted by molar-refractivity contribution is -0.148. The minimum absolute atomic E-state index is 0.228. The van der Waals surface area contributed by atoms with Gasteiger partial charge in [0.05, 0.1) is 11.7 Å². The number of benzene rings is 2. The van der Waals surface area contributed by atoms with Crippen LogP contribution in [0.25, 0.3) is 0 Å². The monoisotopic (exact) mass is 338 g/mol. The maximum atomic E-state index is 12.9. The van der Waals surface area contributed by atoms with Crippen LogP contribution in [-0.2, 0) is 9.59 Å². The molecular formula is C20H22N2O3. The lowest BCUT2D eigenvalue weighted by atomic mass is 9.98. The SMILES string of the molecule is CCN1C(=O)C(C)(C(=O)NC(C)c2ccccc2)Oc2ccccc21. The van der Waals surface area contributed by atoms with Gasteiger partial charge in [0, 0.05) is 6.54 Å². The van der Waals surface area contributed by atoms with Crippen molar-refractivity contribution in [2.45, 2.75) is 32.4 Å². The van der Waals surface area contributed by atoms with Gasteiger partial charge in [-0.25, -0.2) is 0 Å². The van der Waals surface area contributed by atoms with Gasteiger partial charge in [-0.2, -0.15) is 0 Å². The number of nitrogens with zero attached hydrogens (tertiary/aromatic N) is 1. The molecule has 0 saturated carbocycles. The lowest BCUT2D eigenvalue weighted by Gasteiger charge is -2.39. The summed E-state index contributed by atoms with van der Waals surface area (Å²) in [6.45, 7) is 5.76. The summed E-state index contributed by atoms with van der Waals surface area (Å²) in [6, 6.07) is 16.7. The van der Waals surface area contributed by atoms with Gasteiger partial charge in [0.1, 0.15) is 5.75 Å². The summed E-state index contributed by atoms with van der Waals surface area (Å²) in [4.78, 5) is 27.4. The van der Waals surface area contributed by atoms with E-state index in [2.05, 4.69) is 5.32 Å². The summed E-state index contributed by atoms with van der Waals surface area (Å²) in [7, 11) is 0. The molecule has 1 N–H and O–H groups in total. The molecule has 0 bridgehead atoms. The number of carbonyl (C=O) groups excluding carboxylic acids is 2. The van der Waals surface area contributed by atoms with Crippen LogP contribution in [0.3, 0.4) is 0 Å². The zero-order valence-corrected chi connectivity index (χ0v) is 14.7. The fourth-order valence-electron chi connectivity index (χ4n) is 3.01. The van der Waals surface area contributed by atoms with Crippen LogP contribution in [0.2, 0.25) is 0 Å². The number of anilines is 1. The number of fused-ring (bicyclic) bond motifs is 1. The highest BCUT2D eigenvalue weighted by atomic mass is 16.5. The van der Waals surface area contributed by atoms with Crippen LogP contribution in [0.15, 0.2) is 54.6 Å². The topological polar surface area (TPSA) is 58.6 Å². The van der Waals surface area contributed by atoms with E-state index in [0.717, 1.165) is 5.56 Å². The van der Waals surface area contributed by atoms with Gasteiger partial charge in [0.25, 0.3) is 17.4 Å². The predicted octanol–water partition coefficient (Wildman–Crippen LogP) is 3.07. The minimum Gasteiger partial charge on any atom is -0.466 e. The first-order valence-electron chi connectivity index (χ1n) is 8.43. The summed E-state index contributed by atoms with van der Waals surface area (Å²) in [5.74, 6) is -0.262. The Labute approximate surface area is 147 Å². The molecule has 1 aliphatic rings. The average Bonchev–Trinajstić information content (AvgIpc) is 2.63. The smallest absolute Gasteiger partial charge is 0.280 e. The average molecular weight is 338 g/mol. The molecule has 5 heteroatoms. The quantitative estimate of drug-likeness (QED) is 0.872. The Morgan fingerprint density at radius 2 is 1.80 bits per heavy atom. The Morgan fingerprint density at radius 3 is 2.48 bits per heavy atom. The van der Waals surface area contributed by atoms with Crippen molar-refractivity contribution in [2.24, 2.45) is 0 Å². The highest BCUT2D eigenvalue weighted by molar-refractivity contribution is 6.16. The molecule has 2 aromatic carbocycles. The minimum atomic E-state index is -1.59. The van der Waals surface area contributed by atoms with Gasteiger partial charge >= 0.3 is 0 Å². The molecule has 130 valence electrons. The van der Waals surface area contributed by atoms with E-state index in [0.29, 0.717) is 18.0 Å². The van der Waals surface area contributed by atoms with Crippen molar-refractivity contribution in [1.82, 2.24) is 5.32 Å². The third-order valence-electron chi connectivity index (χ3n) is 4.52. The molecule has 0 saturated heterocycles. The Bertz CT molecular complexity index is 791. The van der Waals surface area contributed by atoms with E-state index in [1.807, 2.05) is 62.4 Å². The number of hydrogen-bond acceptors (Lipinski definition) is 3. The maximum absolute atomic E-state index is 12.9. The first kappa shape index (κ1) is 17.0. The molecule has 0 fully saturated rings. The van der Waals surface area contributed by atoms with Crippen LogP contribution < -0.4 is 15.0 Å². The van der Waals surface area contributed by atoms with Crippen molar-refractivity contribution in [1.29, 1.82) is 0 Å². The van der Waals surface area contributed by atoms with Crippen molar-refractivity contribution in [3.05, 3.63) is 60.2 Å². The van der Waals surface area contributed by atoms with E-state index in [-0.39, 0.29) is 11.9 Å². The van der Waals surface area contributed by atoms with E-state index in [9.17, 15) is 9.59 Å². The van der Waals surface area contributed by atoms with Crippen LogP contribution in [0.5, 0.6) is 5.75 Å². The van der Waals surface area contributed by atoms with Gasteiger partial charge in [-0.3, -0.25) is 9.59 Å². The van der Waals surface area contributed by atoms with Crippen LogP contribution >= 0.6 is 0 Å². The summed E-state index contributed by atoms with van der Waals surface area (Å²) >= 11 is 0. The number of amides is 2. The fourth-order valence-corrected chi connectivity index (χ4v) is 3.01. The highest BCUT2D eigenvalue weighted by Crippen LogP contribution is 2.37. The van der Waals surface area contributed by atoms with Crippen molar-refractivity contribution >= 4 is 17.5 Å². The molecule has 25 heavy (non-hydrogen) atoms. The molecule has 2 amide bonds.